The summed E-state index contributed by atoms with van der Waals surface area (Å²) in [5.74, 6) is -0.113. The smallest absolute Gasteiger partial charge is 0.236 e. The summed E-state index contributed by atoms with van der Waals surface area (Å²) in [6, 6.07) is 14.3. The Morgan fingerprint density at radius 1 is 1.00 bits per heavy atom. The molecule has 0 aromatic heterocycles. The Bertz CT molecular complexity index is 727. The molecule has 128 valence electrons. The number of nitrogens with zero attached hydrogens (tertiary/aromatic N) is 2. The quantitative estimate of drug-likeness (QED) is 0.883. The third-order valence-electron chi connectivity index (χ3n) is 3.97. The summed E-state index contributed by atoms with van der Waals surface area (Å²) < 4.78 is 0. The van der Waals surface area contributed by atoms with Gasteiger partial charge in [0.15, 0.2) is 0 Å². The number of rotatable bonds is 6. The van der Waals surface area contributed by atoms with Crippen molar-refractivity contribution >= 4 is 22.6 Å². The van der Waals surface area contributed by atoms with Gasteiger partial charge >= 0.3 is 0 Å². The van der Waals surface area contributed by atoms with Crippen molar-refractivity contribution in [2.45, 2.75) is 13.0 Å². The summed E-state index contributed by atoms with van der Waals surface area (Å²) in [5.41, 5.74) is 1.06. The molecule has 1 unspecified atom stereocenters. The van der Waals surface area contributed by atoms with Crippen LogP contribution in [0.25, 0.3) is 10.8 Å². The second kappa shape index (κ2) is 7.93. The number of carbonyl (C=O) groups is 2. The zero-order chi connectivity index (χ0) is 17.7. The first-order valence-electron chi connectivity index (χ1n) is 8.03. The van der Waals surface area contributed by atoms with Crippen LogP contribution in [0.1, 0.15) is 18.5 Å². The van der Waals surface area contributed by atoms with Crippen LogP contribution >= 0.6 is 0 Å². The van der Waals surface area contributed by atoms with Gasteiger partial charge in [-0.25, -0.2) is 0 Å². The molecule has 0 aliphatic rings. The monoisotopic (exact) mass is 327 g/mol. The molecule has 0 bridgehead atoms. The third kappa shape index (κ3) is 4.80. The van der Waals surface area contributed by atoms with Crippen LogP contribution in [0.15, 0.2) is 42.5 Å². The second-order valence-electron chi connectivity index (χ2n) is 6.36. The number of amides is 2. The van der Waals surface area contributed by atoms with Crippen LogP contribution in [0, 0.1) is 0 Å². The Morgan fingerprint density at radius 2 is 1.67 bits per heavy atom. The van der Waals surface area contributed by atoms with E-state index in [4.69, 9.17) is 0 Å². The van der Waals surface area contributed by atoms with E-state index in [-0.39, 0.29) is 30.9 Å². The number of nitrogens with one attached hydrogen (secondary N) is 1. The predicted molar refractivity (Wildman–Crippen MR) is 96.7 cm³/mol. The summed E-state index contributed by atoms with van der Waals surface area (Å²) in [5, 5.41) is 5.33. The highest BCUT2D eigenvalue weighted by atomic mass is 16.2. The summed E-state index contributed by atoms with van der Waals surface area (Å²) in [7, 11) is 5.18. The van der Waals surface area contributed by atoms with Crippen LogP contribution in [0.4, 0.5) is 0 Å². The summed E-state index contributed by atoms with van der Waals surface area (Å²) in [6.45, 7) is 2.38. The summed E-state index contributed by atoms with van der Waals surface area (Å²) in [6.07, 6.45) is 0. The Balaban J connectivity index is 1.93. The van der Waals surface area contributed by atoms with Gasteiger partial charge < -0.3 is 10.2 Å². The first-order valence-corrected chi connectivity index (χ1v) is 8.03. The zero-order valence-corrected chi connectivity index (χ0v) is 14.7. The fourth-order valence-corrected chi connectivity index (χ4v) is 2.52. The lowest BCUT2D eigenvalue weighted by molar-refractivity contribution is -0.130. The van der Waals surface area contributed by atoms with Gasteiger partial charge in [-0.3, -0.25) is 14.5 Å². The van der Waals surface area contributed by atoms with Crippen molar-refractivity contribution in [1.29, 1.82) is 0 Å². The van der Waals surface area contributed by atoms with E-state index >= 15 is 0 Å². The third-order valence-corrected chi connectivity index (χ3v) is 3.97. The van der Waals surface area contributed by atoms with Crippen molar-refractivity contribution in [3.05, 3.63) is 48.0 Å². The minimum Gasteiger partial charge on any atom is -0.348 e. The van der Waals surface area contributed by atoms with Gasteiger partial charge in [-0.1, -0.05) is 36.4 Å². The predicted octanol–water partition coefficient (Wildman–Crippen LogP) is 2.04. The van der Waals surface area contributed by atoms with Crippen molar-refractivity contribution in [2.75, 3.05) is 34.2 Å². The van der Waals surface area contributed by atoms with Gasteiger partial charge in [0, 0.05) is 14.1 Å². The minimum atomic E-state index is -0.0929. The van der Waals surface area contributed by atoms with Gasteiger partial charge in [0.1, 0.15) is 0 Å². The lowest BCUT2D eigenvalue weighted by Gasteiger charge is -2.20. The van der Waals surface area contributed by atoms with E-state index < -0.39 is 0 Å². The minimum absolute atomic E-state index is 0.0205. The fraction of sp³-hybridized carbons (Fsp3) is 0.368. The molecule has 0 fully saturated rings. The Labute approximate surface area is 143 Å². The molecule has 0 heterocycles. The maximum absolute atomic E-state index is 12.2. The maximum Gasteiger partial charge on any atom is 0.236 e. The molecule has 2 aromatic rings. The Hall–Kier alpha value is -2.40. The van der Waals surface area contributed by atoms with E-state index in [1.807, 2.05) is 25.1 Å². The number of likely N-dealkylation sites (N-methyl/N-ethyl adjacent to an activating group) is 2. The van der Waals surface area contributed by atoms with Crippen LogP contribution in [-0.4, -0.2) is 55.8 Å². The van der Waals surface area contributed by atoms with E-state index in [0.29, 0.717) is 0 Å². The first kappa shape index (κ1) is 17.9. The Kier molecular flexibility index (Phi) is 5.93. The number of hydrogen-bond donors (Lipinski definition) is 1. The SMILES string of the molecule is CC(NC(=O)CN(C)CC(=O)N(C)C)c1ccc2ccccc2c1. The van der Waals surface area contributed by atoms with Gasteiger partial charge in [0.2, 0.25) is 11.8 Å². The van der Waals surface area contributed by atoms with Gasteiger partial charge in [-0.05, 0) is 36.4 Å². The van der Waals surface area contributed by atoms with Crippen LogP contribution < -0.4 is 5.32 Å². The maximum atomic E-state index is 12.2. The zero-order valence-electron chi connectivity index (χ0n) is 14.7. The summed E-state index contributed by atoms with van der Waals surface area (Å²) in [4.78, 5) is 27.1. The second-order valence-corrected chi connectivity index (χ2v) is 6.36. The number of fused-ring (bicyclic) bond motifs is 1. The molecule has 24 heavy (non-hydrogen) atoms. The number of benzene rings is 2. The van der Waals surface area contributed by atoms with Crippen molar-refractivity contribution in [1.82, 2.24) is 15.1 Å². The van der Waals surface area contributed by atoms with Crippen molar-refractivity contribution < 1.29 is 9.59 Å². The normalized spacial score (nSPS) is 12.2. The number of hydrogen-bond acceptors (Lipinski definition) is 3. The molecule has 0 radical (unpaired) electrons. The van der Waals surface area contributed by atoms with Crippen LogP contribution in [0.5, 0.6) is 0 Å². The van der Waals surface area contributed by atoms with Crippen molar-refractivity contribution in [3.63, 3.8) is 0 Å². The molecular formula is C19H25N3O2. The fourth-order valence-electron chi connectivity index (χ4n) is 2.52. The van der Waals surface area contributed by atoms with Crippen molar-refractivity contribution in [2.24, 2.45) is 0 Å². The molecule has 0 aliphatic heterocycles. The van der Waals surface area contributed by atoms with E-state index in [9.17, 15) is 9.59 Å². The Morgan fingerprint density at radius 3 is 2.33 bits per heavy atom. The summed E-state index contributed by atoms with van der Waals surface area (Å²) >= 11 is 0. The van der Waals surface area contributed by atoms with Gasteiger partial charge in [0.05, 0.1) is 19.1 Å². The number of carbonyl (C=O) groups excluding carboxylic acids is 2. The van der Waals surface area contributed by atoms with Gasteiger partial charge in [0.25, 0.3) is 0 Å². The van der Waals surface area contributed by atoms with E-state index in [0.717, 1.165) is 10.9 Å². The van der Waals surface area contributed by atoms with Crippen molar-refractivity contribution in [3.8, 4) is 0 Å². The molecule has 1 atom stereocenters. The topological polar surface area (TPSA) is 52.7 Å². The molecule has 5 nitrogen and oxygen atoms in total. The van der Waals surface area contributed by atoms with Gasteiger partial charge in [-0.15, -0.1) is 0 Å². The molecule has 1 N–H and O–H groups in total. The highest BCUT2D eigenvalue weighted by molar-refractivity contribution is 5.84. The van der Waals surface area contributed by atoms with Crippen LogP contribution in [0.3, 0.4) is 0 Å². The first-order chi connectivity index (χ1) is 11.4. The molecule has 0 saturated carbocycles. The molecule has 0 aliphatic carbocycles. The van der Waals surface area contributed by atoms with E-state index in [2.05, 4.69) is 29.6 Å². The molecule has 2 rings (SSSR count). The standard InChI is InChI=1S/C19H25N3O2/c1-14(16-10-9-15-7-5-6-8-17(15)11-16)20-18(23)12-22(4)13-19(24)21(2)3/h5-11,14H,12-13H2,1-4H3,(H,20,23). The van der Waals surface area contributed by atoms with Crippen LogP contribution in [-0.2, 0) is 9.59 Å². The lowest BCUT2D eigenvalue weighted by Crippen LogP contribution is -2.41. The molecule has 0 saturated heterocycles. The van der Waals surface area contributed by atoms with E-state index in [1.54, 1.807) is 26.0 Å². The lowest BCUT2D eigenvalue weighted by atomic mass is 10.0. The largest absolute Gasteiger partial charge is 0.348 e. The molecule has 5 heteroatoms. The molecule has 0 spiro atoms. The van der Waals surface area contributed by atoms with Gasteiger partial charge in [-0.2, -0.15) is 0 Å². The molecule has 2 amide bonds. The molecular weight excluding hydrogens is 302 g/mol. The molecule has 2 aromatic carbocycles. The highest BCUT2D eigenvalue weighted by Crippen LogP contribution is 2.20. The van der Waals surface area contributed by atoms with E-state index in [1.165, 1.54) is 10.3 Å². The van der Waals surface area contributed by atoms with Crippen LogP contribution in [0.2, 0.25) is 0 Å². The highest BCUT2D eigenvalue weighted by Gasteiger charge is 2.14. The average molecular weight is 327 g/mol. The average Bonchev–Trinajstić information content (AvgIpc) is 2.53.